The number of amides is 3. The zero-order valence-corrected chi connectivity index (χ0v) is 24.7. The Morgan fingerprint density at radius 1 is 0.930 bits per heavy atom. The highest BCUT2D eigenvalue weighted by molar-refractivity contribution is 5.97. The Balaban J connectivity index is 1.19. The van der Waals surface area contributed by atoms with Gasteiger partial charge in [-0.15, -0.1) is 0 Å². The number of carbonyl (C=O) groups is 3. The van der Waals surface area contributed by atoms with E-state index in [-0.39, 0.29) is 25.0 Å². The van der Waals surface area contributed by atoms with Crippen LogP contribution in [0.15, 0.2) is 78.9 Å². The van der Waals surface area contributed by atoms with E-state index in [1.54, 1.807) is 36.3 Å². The molecule has 5 rings (SSSR count). The summed E-state index contributed by atoms with van der Waals surface area (Å²) in [5.74, 6) is -0.316. The summed E-state index contributed by atoms with van der Waals surface area (Å²) in [7, 11) is 1.67. The minimum Gasteiger partial charge on any atom is -0.446 e. The summed E-state index contributed by atoms with van der Waals surface area (Å²) < 4.78 is 5.77. The first-order valence-electron chi connectivity index (χ1n) is 15.1. The topological polar surface area (TPSA) is 94.2 Å². The zero-order chi connectivity index (χ0) is 30.0. The van der Waals surface area contributed by atoms with Crippen LogP contribution >= 0.6 is 0 Å². The quantitative estimate of drug-likeness (QED) is 0.299. The van der Waals surface area contributed by atoms with Gasteiger partial charge in [0.2, 0.25) is 5.91 Å². The first-order chi connectivity index (χ1) is 21.0. The standard InChI is InChI=1S/C34H40N5O4/c1-37(33(41)27-13-10-14-29(25-27)36-32(40)19-20-35-28-17-18-28)23-24-43-34(42)39(38-21-8-3-9-22-38)31-16-7-6-15-30(31)26-11-4-2-5-12-26/h2-7,10-16,25,28,35H,8-9,17-24H2,1H3,(H,36,40). The maximum atomic E-state index is 13.6. The van der Waals surface area contributed by atoms with Gasteiger partial charge in [0.05, 0.1) is 12.2 Å². The third kappa shape index (κ3) is 8.43. The molecule has 0 atom stereocenters. The molecule has 1 radical (unpaired) electrons. The molecule has 43 heavy (non-hydrogen) atoms. The fourth-order valence-electron chi connectivity index (χ4n) is 5.11. The number of nitrogens with zero attached hydrogens (tertiary/aromatic N) is 3. The van der Waals surface area contributed by atoms with Gasteiger partial charge in [-0.05, 0) is 61.9 Å². The van der Waals surface area contributed by atoms with E-state index in [0.29, 0.717) is 43.3 Å². The third-order valence-electron chi connectivity index (χ3n) is 7.61. The number of ether oxygens (including phenoxy) is 1. The van der Waals surface area contributed by atoms with Crippen LogP contribution in [0.3, 0.4) is 0 Å². The number of anilines is 2. The summed E-state index contributed by atoms with van der Waals surface area (Å²) in [6.45, 7) is 2.31. The van der Waals surface area contributed by atoms with Crippen molar-refractivity contribution in [2.45, 2.75) is 38.1 Å². The molecule has 9 nitrogen and oxygen atoms in total. The van der Waals surface area contributed by atoms with Crippen molar-refractivity contribution < 1.29 is 19.1 Å². The Hall–Kier alpha value is -4.21. The molecular formula is C34H40N5O4. The van der Waals surface area contributed by atoms with Crippen LogP contribution in [0, 0.1) is 6.42 Å². The number of carbonyl (C=O) groups excluding carboxylic acids is 3. The van der Waals surface area contributed by atoms with E-state index in [0.717, 1.165) is 29.7 Å². The van der Waals surface area contributed by atoms with E-state index >= 15 is 0 Å². The van der Waals surface area contributed by atoms with Crippen molar-refractivity contribution in [1.29, 1.82) is 0 Å². The average molecular weight is 583 g/mol. The van der Waals surface area contributed by atoms with Crippen LogP contribution in [0.5, 0.6) is 0 Å². The Labute approximate surface area is 253 Å². The fourth-order valence-corrected chi connectivity index (χ4v) is 5.11. The van der Waals surface area contributed by atoms with Crippen LogP contribution in [0.2, 0.25) is 0 Å². The summed E-state index contributed by atoms with van der Waals surface area (Å²) in [6, 6.07) is 25.3. The van der Waals surface area contributed by atoms with Gasteiger partial charge in [-0.2, -0.15) is 0 Å². The number of nitrogens with one attached hydrogen (secondary N) is 2. The SMILES string of the molecule is CN(CCOC(=O)N(c1ccccc1-c1ccccc1)N1CC[CH]CC1)C(=O)c1cccc(NC(=O)CCNC2CC2)c1. The van der Waals surface area contributed by atoms with E-state index in [9.17, 15) is 14.4 Å². The van der Waals surface area contributed by atoms with Crippen molar-refractivity contribution in [3.05, 3.63) is 90.8 Å². The second-order valence-corrected chi connectivity index (χ2v) is 11.0. The number of hydrogen-bond acceptors (Lipinski definition) is 6. The van der Waals surface area contributed by atoms with Crippen molar-refractivity contribution in [3.8, 4) is 11.1 Å². The van der Waals surface area contributed by atoms with Crippen LogP contribution in [-0.2, 0) is 9.53 Å². The Morgan fingerprint density at radius 2 is 1.67 bits per heavy atom. The lowest BCUT2D eigenvalue weighted by atomic mass is 10.0. The van der Waals surface area contributed by atoms with Crippen LogP contribution in [0.1, 0.15) is 42.5 Å². The average Bonchev–Trinajstić information content (AvgIpc) is 3.87. The highest BCUT2D eigenvalue weighted by Crippen LogP contribution is 2.33. The van der Waals surface area contributed by atoms with Gasteiger partial charge in [0.1, 0.15) is 6.61 Å². The van der Waals surface area contributed by atoms with Crippen molar-refractivity contribution >= 4 is 29.3 Å². The molecule has 1 aliphatic heterocycles. The number of hydrogen-bond donors (Lipinski definition) is 2. The predicted octanol–water partition coefficient (Wildman–Crippen LogP) is 5.36. The summed E-state index contributed by atoms with van der Waals surface area (Å²) in [4.78, 5) is 40.6. The van der Waals surface area contributed by atoms with Gasteiger partial charge in [-0.1, -0.05) is 54.6 Å². The number of para-hydroxylation sites is 1. The van der Waals surface area contributed by atoms with Crippen LogP contribution < -0.4 is 15.6 Å². The molecule has 0 spiro atoms. The number of hydrazine groups is 1. The Bertz CT molecular complexity index is 1390. The molecule has 0 aromatic heterocycles. The van der Waals surface area contributed by atoms with Gasteiger partial charge in [-0.3, -0.25) is 9.59 Å². The number of benzene rings is 3. The summed E-state index contributed by atoms with van der Waals surface area (Å²) >= 11 is 0. The molecule has 2 N–H and O–H groups in total. The fraction of sp³-hybridized carbons (Fsp3) is 0.353. The molecule has 0 unspecified atom stereocenters. The smallest absolute Gasteiger partial charge is 0.429 e. The van der Waals surface area contributed by atoms with Crippen LogP contribution in [0.4, 0.5) is 16.2 Å². The Morgan fingerprint density at radius 3 is 2.44 bits per heavy atom. The minimum atomic E-state index is -0.480. The molecule has 3 amide bonds. The first-order valence-corrected chi connectivity index (χ1v) is 15.1. The molecule has 3 aromatic carbocycles. The lowest BCUT2D eigenvalue weighted by Gasteiger charge is -2.37. The molecule has 0 bridgehead atoms. The first kappa shape index (κ1) is 30.3. The van der Waals surface area contributed by atoms with Crippen LogP contribution in [0.25, 0.3) is 11.1 Å². The molecule has 1 saturated heterocycles. The maximum Gasteiger partial charge on any atom is 0.429 e. The monoisotopic (exact) mass is 582 g/mol. The van der Waals surface area contributed by atoms with E-state index in [1.165, 1.54) is 17.7 Å². The molecule has 3 aromatic rings. The maximum absolute atomic E-state index is 13.6. The van der Waals surface area contributed by atoms with Crippen molar-refractivity contribution in [1.82, 2.24) is 15.2 Å². The summed E-state index contributed by atoms with van der Waals surface area (Å²) in [5.41, 5.74) is 3.73. The highest BCUT2D eigenvalue weighted by atomic mass is 16.6. The molecule has 225 valence electrons. The lowest BCUT2D eigenvalue weighted by Crippen LogP contribution is -2.50. The predicted molar refractivity (Wildman–Crippen MR) is 168 cm³/mol. The van der Waals surface area contributed by atoms with E-state index in [4.69, 9.17) is 4.74 Å². The van der Waals surface area contributed by atoms with E-state index in [1.807, 2.05) is 59.6 Å². The lowest BCUT2D eigenvalue weighted by molar-refractivity contribution is -0.116. The molecule has 2 fully saturated rings. The minimum absolute atomic E-state index is 0.0372. The van der Waals surface area contributed by atoms with Gasteiger partial charge in [-0.25, -0.2) is 14.8 Å². The molecule has 1 heterocycles. The van der Waals surface area contributed by atoms with Crippen molar-refractivity contribution in [2.75, 3.05) is 50.2 Å². The number of piperidine rings is 1. The van der Waals surface area contributed by atoms with Gasteiger partial charge in [0.25, 0.3) is 5.91 Å². The van der Waals surface area contributed by atoms with Gasteiger partial charge >= 0.3 is 6.09 Å². The molecule has 2 aliphatic rings. The third-order valence-corrected chi connectivity index (χ3v) is 7.61. The van der Waals surface area contributed by atoms with Gasteiger partial charge in [0.15, 0.2) is 0 Å². The summed E-state index contributed by atoms with van der Waals surface area (Å²) in [6.07, 6.45) is 6.24. The molecule has 9 heteroatoms. The normalized spacial score (nSPS) is 15.0. The summed E-state index contributed by atoms with van der Waals surface area (Å²) in [5, 5.41) is 9.87. The number of rotatable bonds is 12. The second kappa shape index (κ2) is 14.8. The zero-order valence-electron chi connectivity index (χ0n) is 24.7. The Kier molecular flexibility index (Phi) is 10.4. The van der Waals surface area contributed by atoms with Crippen LogP contribution in [-0.4, -0.2) is 73.7 Å². The molecule has 1 aliphatic carbocycles. The van der Waals surface area contributed by atoms with Gasteiger partial charge in [0, 0.05) is 56.0 Å². The largest absolute Gasteiger partial charge is 0.446 e. The van der Waals surface area contributed by atoms with Gasteiger partial charge < -0.3 is 20.3 Å². The van der Waals surface area contributed by atoms with Crippen molar-refractivity contribution in [3.63, 3.8) is 0 Å². The van der Waals surface area contributed by atoms with E-state index in [2.05, 4.69) is 17.1 Å². The van der Waals surface area contributed by atoms with Crippen molar-refractivity contribution in [2.24, 2.45) is 0 Å². The second-order valence-electron chi connectivity index (χ2n) is 11.0. The molecule has 1 saturated carbocycles. The highest BCUT2D eigenvalue weighted by Gasteiger charge is 2.28. The number of likely N-dealkylation sites (N-methyl/N-ethyl adjacent to an activating group) is 1. The molecular weight excluding hydrogens is 542 g/mol. The van der Waals surface area contributed by atoms with E-state index < -0.39 is 6.09 Å².